The van der Waals surface area contributed by atoms with E-state index in [1.807, 2.05) is 24.4 Å². The standard InChI is InChI=1S/C18H17IN4O3/c1-25-15-9-13(14(19)10-16(15)26-2)18(24)21-11-12-4-6-20-17(8-12)23-7-3-5-22-23/h3-10H,11H2,1-2H3,(H,21,24). The minimum absolute atomic E-state index is 0.187. The van der Waals surface area contributed by atoms with Crippen LogP contribution in [0.15, 0.2) is 48.9 Å². The van der Waals surface area contributed by atoms with E-state index in [2.05, 4.69) is 38.0 Å². The summed E-state index contributed by atoms with van der Waals surface area (Å²) in [6, 6.07) is 9.02. The zero-order valence-corrected chi connectivity index (χ0v) is 16.4. The third-order valence-corrected chi connectivity index (χ3v) is 4.61. The number of nitrogens with one attached hydrogen (secondary N) is 1. The Morgan fingerprint density at radius 1 is 1.19 bits per heavy atom. The van der Waals surface area contributed by atoms with Crippen molar-refractivity contribution in [2.45, 2.75) is 6.54 Å². The van der Waals surface area contributed by atoms with E-state index in [0.717, 1.165) is 9.13 Å². The van der Waals surface area contributed by atoms with Crippen molar-refractivity contribution in [2.24, 2.45) is 0 Å². The molecule has 0 radical (unpaired) electrons. The summed E-state index contributed by atoms with van der Waals surface area (Å²) < 4.78 is 13.0. The van der Waals surface area contributed by atoms with Gasteiger partial charge in [-0.15, -0.1) is 0 Å². The predicted molar refractivity (Wildman–Crippen MR) is 105 cm³/mol. The number of rotatable bonds is 6. The van der Waals surface area contributed by atoms with E-state index < -0.39 is 0 Å². The van der Waals surface area contributed by atoms with Gasteiger partial charge in [-0.3, -0.25) is 4.79 Å². The van der Waals surface area contributed by atoms with Crippen LogP contribution in [-0.4, -0.2) is 34.9 Å². The number of hydrogen-bond donors (Lipinski definition) is 1. The quantitative estimate of drug-likeness (QED) is 0.568. The number of benzene rings is 1. The van der Waals surface area contributed by atoms with Crippen LogP contribution < -0.4 is 14.8 Å². The second-order valence-corrected chi connectivity index (χ2v) is 6.50. The van der Waals surface area contributed by atoms with Crippen molar-refractivity contribution in [3.8, 4) is 17.3 Å². The summed E-state index contributed by atoms with van der Waals surface area (Å²) in [6.45, 7) is 0.375. The zero-order valence-electron chi connectivity index (χ0n) is 14.3. The van der Waals surface area contributed by atoms with Crippen LogP contribution in [0.25, 0.3) is 5.82 Å². The second-order valence-electron chi connectivity index (χ2n) is 5.34. The minimum atomic E-state index is -0.187. The highest BCUT2D eigenvalue weighted by Gasteiger charge is 2.15. The van der Waals surface area contributed by atoms with Crippen molar-refractivity contribution in [1.82, 2.24) is 20.1 Å². The first-order chi connectivity index (χ1) is 12.6. The number of methoxy groups -OCH3 is 2. The molecule has 0 saturated carbocycles. The van der Waals surface area contributed by atoms with E-state index in [1.54, 1.807) is 43.4 Å². The SMILES string of the molecule is COc1cc(I)c(C(=O)NCc2ccnc(-n3cccn3)c2)cc1OC. The summed E-state index contributed by atoms with van der Waals surface area (Å²) in [5.41, 5.74) is 1.46. The van der Waals surface area contributed by atoms with Crippen molar-refractivity contribution in [1.29, 1.82) is 0 Å². The lowest BCUT2D eigenvalue weighted by Crippen LogP contribution is -2.24. The lowest BCUT2D eigenvalue weighted by Gasteiger charge is -2.12. The highest BCUT2D eigenvalue weighted by Crippen LogP contribution is 2.31. The van der Waals surface area contributed by atoms with Gasteiger partial charge in [0.15, 0.2) is 17.3 Å². The van der Waals surface area contributed by atoms with Gasteiger partial charge in [0, 0.05) is 28.7 Å². The first-order valence-corrected chi connectivity index (χ1v) is 8.85. The molecule has 0 fully saturated rings. The average Bonchev–Trinajstić information content (AvgIpc) is 3.21. The number of pyridine rings is 1. The van der Waals surface area contributed by atoms with Gasteiger partial charge < -0.3 is 14.8 Å². The molecule has 0 aliphatic heterocycles. The molecule has 0 atom stereocenters. The zero-order chi connectivity index (χ0) is 18.5. The molecule has 0 aliphatic carbocycles. The van der Waals surface area contributed by atoms with Crippen LogP contribution in [0.4, 0.5) is 0 Å². The van der Waals surface area contributed by atoms with Gasteiger partial charge in [0.1, 0.15) is 0 Å². The molecule has 0 spiro atoms. The maximum Gasteiger partial charge on any atom is 0.252 e. The molecule has 134 valence electrons. The van der Waals surface area contributed by atoms with Gasteiger partial charge in [-0.1, -0.05) is 0 Å². The van der Waals surface area contributed by atoms with Crippen LogP contribution in [0.1, 0.15) is 15.9 Å². The molecular weight excluding hydrogens is 447 g/mol. The lowest BCUT2D eigenvalue weighted by atomic mass is 10.1. The van der Waals surface area contributed by atoms with E-state index in [1.165, 1.54) is 0 Å². The van der Waals surface area contributed by atoms with E-state index >= 15 is 0 Å². The minimum Gasteiger partial charge on any atom is -0.493 e. The number of carbonyl (C=O) groups excluding carboxylic acids is 1. The third-order valence-electron chi connectivity index (χ3n) is 3.72. The number of carbonyl (C=O) groups is 1. The Kier molecular flexibility index (Phi) is 5.71. The van der Waals surface area contributed by atoms with E-state index in [0.29, 0.717) is 29.4 Å². The first-order valence-electron chi connectivity index (χ1n) is 7.77. The Morgan fingerprint density at radius 2 is 1.96 bits per heavy atom. The van der Waals surface area contributed by atoms with Gasteiger partial charge in [-0.2, -0.15) is 5.10 Å². The fraction of sp³-hybridized carbons (Fsp3) is 0.167. The van der Waals surface area contributed by atoms with Crippen LogP contribution >= 0.6 is 22.6 Å². The topological polar surface area (TPSA) is 78.3 Å². The van der Waals surface area contributed by atoms with Gasteiger partial charge >= 0.3 is 0 Å². The number of aromatic nitrogens is 3. The molecule has 3 rings (SSSR count). The van der Waals surface area contributed by atoms with Gasteiger partial charge in [0.05, 0.1) is 19.8 Å². The number of nitrogens with zero attached hydrogens (tertiary/aromatic N) is 3. The van der Waals surface area contributed by atoms with Gasteiger partial charge in [0.2, 0.25) is 0 Å². The Hall–Kier alpha value is -2.62. The molecule has 2 aromatic heterocycles. The maximum atomic E-state index is 12.6. The molecule has 1 aromatic carbocycles. The smallest absolute Gasteiger partial charge is 0.252 e. The molecule has 8 heteroatoms. The van der Waals surface area contributed by atoms with Gasteiger partial charge in [-0.05, 0) is 58.5 Å². The largest absolute Gasteiger partial charge is 0.493 e. The van der Waals surface area contributed by atoms with Crippen molar-refractivity contribution in [3.05, 3.63) is 63.6 Å². The average molecular weight is 464 g/mol. The van der Waals surface area contributed by atoms with Crippen molar-refractivity contribution in [2.75, 3.05) is 14.2 Å². The second kappa shape index (κ2) is 8.17. The molecule has 7 nitrogen and oxygen atoms in total. The molecule has 26 heavy (non-hydrogen) atoms. The van der Waals surface area contributed by atoms with Crippen molar-refractivity contribution < 1.29 is 14.3 Å². The molecule has 0 bridgehead atoms. The predicted octanol–water partition coefficient (Wildman–Crippen LogP) is 2.82. The summed E-state index contributed by atoms with van der Waals surface area (Å²) in [7, 11) is 3.11. The fourth-order valence-electron chi connectivity index (χ4n) is 2.41. The molecular formula is C18H17IN4O3. The molecule has 0 unspecified atom stereocenters. The Bertz CT molecular complexity index is 913. The van der Waals surface area contributed by atoms with Crippen LogP contribution in [0.3, 0.4) is 0 Å². The van der Waals surface area contributed by atoms with E-state index in [-0.39, 0.29) is 5.91 Å². The van der Waals surface area contributed by atoms with E-state index in [4.69, 9.17) is 9.47 Å². The number of halogens is 1. The van der Waals surface area contributed by atoms with Gasteiger partial charge in [-0.25, -0.2) is 9.67 Å². The first kappa shape index (κ1) is 18.2. The van der Waals surface area contributed by atoms with Crippen molar-refractivity contribution >= 4 is 28.5 Å². The number of ether oxygens (including phenoxy) is 2. The molecule has 0 saturated heterocycles. The Balaban J connectivity index is 1.74. The third kappa shape index (κ3) is 3.96. The maximum absolute atomic E-state index is 12.6. The monoisotopic (exact) mass is 464 g/mol. The highest BCUT2D eigenvalue weighted by molar-refractivity contribution is 14.1. The van der Waals surface area contributed by atoms with Crippen LogP contribution in [0.5, 0.6) is 11.5 Å². The molecule has 2 heterocycles. The Morgan fingerprint density at radius 3 is 2.65 bits per heavy atom. The summed E-state index contributed by atoms with van der Waals surface area (Å²) in [5, 5.41) is 7.08. The lowest BCUT2D eigenvalue weighted by molar-refractivity contribution is 0.0949. The molecule has 1 N–H and O–H groups in total. The normalized spacial score (nSPS) is 10.4. The van der Waals surface area contributed by atoms with Crippen LogP contribution in [0, 0.1) is 3.57 Å². The van der Waals surface area contributed by atoms with Gasteiger partial charge in [0.25, 0.3) is 5.91 Å². The van der Waals surface area contributed by atoms with E-state index in [9.17, 15) is 4.79 Å². The highest BCUT2D eigenvalue weighted by atomic mass is 127. The number of amides is 1. The fourth-order valence-corrected chi connectivity index (χ4v) is 3.09. The molecule has 1 amide bonds. The molecule has 3 aromatic rings. The van der Waals surface area contributed by atoms with Crippen LogP contribution in [-0.2, 0) is 6.54 Å². The van der Waals surface area contributed by atoms with Crippen molar-refractivity contribution in [3.63, 3.8) is 0 Å². The summed E-state index contributed by atoms with van der Waals surface area (Å²) in [6.07, 6.45) is 5.20. The summed E-state index contributed by atoms with van der Waals surface area (Å²) >= 11 is 2.11. The van der Waals surface area contributed by atoms with Crippen LogP contribution in [0.2, 0.25) is 0 Å². The molecule has 0 aliphatic rings. The number of hydrogen-bond acceptors (Lipinski definition) is 5. The summed E-state index contributed by atoms with van der Waals surface area (Å²) in [4.78, 5) is 16.9. The summed E-state index contributed by atoms with van der Waals surface area (Å²) in [5.74, 6) is 1.62. The Labute approximate surface area is 164 Å².